The summed E-state index contributed by atoms with van der Waals surface area (Å²) in [5.41, 5.74) is 8.17. The highest BCUT2D eigenvalue weighted by molar-refractivity contribution is 7.15. The van der Waals surface area contributed by atoms with Gasteiger partial charge in [0.05, 0.1) is 27.7 Å². The Kier molecular flexibility index (Phi) is 7.67. The number of carbonyl (C=O) groups is 1. The summed E-state index contributed by atoms with van der Waals surface area (Å²) in [5, 5.41) is 5.32. The molecule has 1 unspecified atom stereocenters. The molecule has 1 fully saturated rings. The number of pyridine rings is 1. The van der Waals surface area contributed by atoms with Crippen molar-refractivity contribution in [3.05, 3.63) is 34.8 Å². The number of hydrogen-bond donors (Lipinski definition) is 1. The highest BCUT2D eigenvalue weighted by Crippen LogP contribution is 2.32. The maximum absolute atomic E-state index is 13.4. The molecule has 6 nitrogen and oxygen atoms in total. The molecule has 2 N–H and O–H groups in total. The lowest BCUT2D eigenvalue weighted by Gasteiger charge is -2.24. The monoisotopic (exact) mass is 455 g/mol. The number of carbonyl (C=O) groups excluding carboxylic acids is 1. The smallest absolute Gasteiger partial charge is 0.255 e. The lowest BCUT2D eigenvalue weighted by atomic mass is 10.1. The van der Waals surface area contributed by atoms with Gasteiger partial charge >= 0.3 is 0 Å². The largest absolute Gasteiger partial charge is 0.334 e. The van der Waals surface area contributed by atoms with E-state index in [0.717, 1.165) is 41.0 Å². The summed E-state index contributed by atoms with van der Waals surface area (Å²) in [5.74, 6) is 0.0354. The molecule has 3 aromatic rings. The Hall–Kier alpha value is -1.67. The van der Waals surface area contributed by atoms with E-state index in [1.807, 2.05) is 15.6 Å². The average Bonchev–Trinajstić information content (AvgIpc) is 3.38. The average molecular weight is 456 g/mol. The van der Waals surface area contributed by atoms with Crippen LogP contribution in [-0.4, -0.2) is 44.7 Å². The zero-order valence-electron chi connectivity index (χ0n) is 16.8. The van der Waals surface area contributed by atoms with Crippen molar-refractivity contribution in [2.75, 3.05) is 13.1 Å². The lowest BCUT2D eigenvalue weighted by molar-refractivity contribution is 0.0743. The van der Waals surface area contributed by atoms with Crippen molar-refractivity contribution in [3.8, 4) is 10.6 Å². The number of thiophene rings is 1. The molecule has 1 saturated heterocycles. The maximum atomic E-state index is 13.4. The molecule has 0 aliphatic carbocycles. The second-order valence-corrected chi connectivity index (χ2v) is 8.70. The molecular weight excluding hydrogens is 429 g/mol. The molecule has 0 bridgehead atoms. The number of halogens is 2. The molecular formula is C20H27Cl2N5OS. The predicted octanol–water partition coefficient (Wildman–Crippen LogP) is 4.46. The molecule has 0 radical (unpaired) electrons. The highest BCUT2D eigenvalue weighted by atomic mass is 35.5. The number of aryl methyl sites for hydroxylation is 1. The Morgan fingerprint density at radius 2 is 2.10 bits per heavy atom. The third-order valence-corrected chi connectivity index (χ3v) is 6.21. The quantitative estimate of drug-likeness (QED) is 0.629. The molecule has 0 spiro atoms. The Labute approximate surface area is 187 Å². The summed E-state index contributed by atoms with van der Waals surface area (Å²) in [7, 11) is 0. The minimum Gasteiger partial charge on any atom is -0.334 e. The van der Waals surface area contributed by atoms with E-state index in [-0.39, 0.29) is 42.8 Å². The van der Waals surface area contributed by atoms with Gasteiger partial charge in [-0.15, -0.1) is 36.2 Å². The molecule has 158 valence electrons. The van der Waals surface area contributed by atoms with Gasteiger partial charge in [-0.1, -0.05) is 0 Å². The molecule has 3 aromatic heterocycles. The summed E-state index contributed by atoms with van der Waals surface area (Å²) in [6.07, 6.45) is 3.75. The summed E-state index contributed by atoms with van der Waals surface area (Å²) in [6, 6.07) is 6.36. The van der Waals surface area contributed by atoms with E-state index in [1.54, 1.807) is 17.5 Å². The first-order valence-electron chi connectivity index (χ1n) is 9.45. The van der Waals surface area contributed by atoms with Crippen LogP contribution in [0.5, 0.6) is 0 Å². The van der Waals surface area contributed by atoms with E-state index in [9.17, 15) is 4.79 Å². The van der Waals surface area contributed by atoms with Crippen LogP contribution in [0, 0.1) is 6.92 Å². The van der Waals surface area contributed by atoms with E-state index in [2.05, 4.69) is 38.0 Å². The molecule has 1 amide bonds. The summed E-state index contributed by atoms with van der Waals surface area (Å²) in [4.78, 5) is 22.5. The normalized spacial score (nSPS) is 16.2. The first-order valence-corrected chi connectivity index (χ1v) is 10.3. The number of fused-ring (bicyclic) bond motifs is 1. The first-order chi connectivity index (χ1) is 13.0. The number of aromatic nitrogens is 3. The van der Waals surface area contributed by atoms with Gasteiger partial charge in [-0.25, -0.2) is 9.67 Å². The van der Waals surface area contributed by atoms with Gasteiger partial charge in [0, 0.05) is 30.1 Å². The number of nitrogens with zero attached hydrogens (tertiary/aromatic N) is 4. The van der Waals surface area contributed by atoms with Crippen LogP contribution in [0.1, 0.15) is 48.0 Å². The SMILES string of the molecule is Cc1ccc(-c2cc(C(=O)N3CCCC3CN)c3cnn(C(C)C)c3n2)s1.Cl.Cl. The van der Waals surface area contributed by atoms with Crippen LogP contribution >= 0.6 is 36.2 Å². The number of rotatable bonds is 4. The van der Waals surface area contributed by atoms with Crippen LogP contribution in [0.4, 0.5) is 0 Å². The fourth-order valence-corrected chi connectivity index (χ4v) is 4.60. The zero-order valence-corrected chi connectivity index (χ0v) is 19.2. The van der Waals surface area contributed by atoms with Crippen molar-refractivity contribution in [1.82, 2.24) is 19.7 Å². The van der Waals surface area contributed by atoms with Crippen LogP contribution < -0.4 is 5.73 Å². The van der Waals surface area contributed by atoms with Crippen LogP contribution in [-0.2, 0) is 0 Å². The molecule has 29 heavy (non-hydrogen) atoms. The van der Waals surface area contributed by atoms with Gasteiger partial charge in [0.15, 0.2) is 5.65 Å². The van der Waals surface area contributed by atoms with Crippen molar-refractivity contribution in [3.63, 3.8) is 0 Å². The van der Waals surface area contributed by atoms with Crippen molar-refractivity contribution >= 4 is 53.1 Å². The minimum atomic E-state index is 0. The van der Waals surface area contributed by atoms with E-state index >= 15 is 0 Å². The molecule has 4 rings (SSSR count). The van der Waals surface area contributed by atoms with Crippen LogP contribution in [0.25, 0.3) is 21.6 Å². The Bertz CT molecular complexity index is 1000. The Balaban J connectivity index is 0.00000150. The highest BCUT2D eigenvalue weighted by Gasteiger charge is 2.30. The molecule has 0 aromatic carbocycles. The molecule has 9 heteroatoms. The molecule has 0 saturated carbocycles. The Morgan fingerprint density at radius 1 is 1.34 bits per heavy atom. The number of amides is 1. The van der Waals surface area contributed by atoms with Crippen LogP contribution in [0.3, 0.4) is 0 Å². The van der Waals surface area contributed by atoms with Crippen molar-refractivity contribution in [2.45, 2.75) is 45.7 Å². The standard InChI is InChI=1S/C20H25N5OS.2ClH/c1-12(2)25-19-16(11-22-25)15(20(26)24-8-4-5-14(24)10-21)9-17(23-19)18-7-6-13(3)27-18;;/h6-7,9,11-12,14H,4-5,8,10,21H2,1-3H3;2*1H. The van der Waals surface area contributed by atoms with Crippen molar-refractivity contribution in [2.24, 2.45) is 5.73 Å². The first kappa shape index (κ1) is 23.6. The fraction of sp³-hybridized carbons (Fsp3) is 0.450. The molecule has 4 heterocycles. The van der Waals surface area contributed by atoms with Gasteiger partial charge in [-0.3, -0.25) is 4.79 Å². The van der Waals surface area contributed by atoms with Crippen LogP contribution in [0.15, 0.2) is 24.4 Å². The van der Waals surface area contributed by atoms with Gasteiger partial charge in [0.1, 0.15) is 0 Å². The van der Waals surface area contributed by atoms with Gasteiger partial charge in [0.2, 0.25) is 0 Å². The number of likely N-dealkylation sites (tertiary alicyclic amines) is 1. The number of nitrogens with two attached hydrogens (primary N) is 1. The van der Waals surface area contributed by atoms with Crippen molar-refractivity contribution in [1.29, 1.82) is 0 Å². The van der Waals surface area contributed by atoms with Gasteiger partial charge < -0.3 is 10.6 Å². The lowest BCUT2D eigenvalue weighted by Crippen LogP contribution is -2.40. The van der Waals surface area contributed by atoms with E-state index in [1.165, 1.54) is 4.88 Å². The predicted molar refractivity (Wildman–Crippen MR) is 124 cm³/mol. The topological polar surface area (TPSA) is 77.0 Å². The molecule has 1 aliphatic rings. The zero-order chi connectivity index (χ0) is 19.1. The van der Waals surface area contributed by atoms with E-state index < -0.39 is 0 Å². The van der Waals surface area contributed by atoms with Gasteiger partial charge in [0.25, 0.3) is 5.91 Å². The summed E-state index contributed by atoms with van der Waals surface area (Å²) >= 11 is 1.69. The third kappa shape index (κ3) is 4.28. The van der Waals surface area contributed by atoms with Crippen molar-refractivity contribution < 1.29 is 4.79 Å². The fourth-order valence-electron chi connectivity index (χ4n) is 3.77. The molecule has 1 atom stereocenters. The second kappa shape index (κ2) is 9.43. The Morgan fingerprint density at radius 3 is 2.72 bits per heavy atom. The summed E-state index contributed by atoms with van der Waals surface area (Å²) in [6.45, 7) is 7.48. The maximum Gasteiger partial charge on any atom is 0.255 e. The second-order valence-electron chi connectivity index (χ2n) is 7.42. The van der Waals surface area contributed by atoms with Crippen LogP contribution in [0.2, 0.25) is 0 Å². The van der Waals surface area contributed by atoms with E-state index in [0.29, 0.717) is 12.1 Å². The third-order valence-electron chi connectivity index (χ3n) is 5.19. The minimum absolute atomic E-state index is 0. The van der Waals surface area contributed by atoms with Gasteiger partial charge in [-0.05, 0) is 51.8 Å². The van der Waals surface area contributed by atoms with Gasteiger partial charge in [-0.2, -0.15) is 5.10 Å². The number of hydrogen-bond acceptors (Lipinski definition) is 5. The summed E-state index contributed by atoms with van der Waals surface area (Å²) < 4.78 is 1.89. The van der Waals surface area contributed by atoms with E-state index in [4.69, 9.17) is 10.7 Å². The molecule has 1 aliphatic heterocycles.